The highest BCUT2D eigenvalue weighted by Gasteiger charge is 2.15. The SMILES string of the molecule is CNC(C)c1cc(F)c(C)cc1Sc1ccoc1C. The molecule has 19 heavy (non-hydrogen) atoms. The minimum atomic E-state index is -0.162. The molecule has 0 saturated carbocycles. The van der Waals surface area contributed by atoms with Crippen LogP contribution in [0, 0.1) is 19.7 Å². The molecule has 0 radical (unpaired) electrons. The van der Waals surface area contributed by atoms with Crippen molar-refractivity contribution < 1.29 is 8.81 Å². The van der Waals surface area contributed by atoms with E-state index in [4.69, 9.17) is 4.42 Å². The van der Waals surface area contributed by atoms with E-state index in [1.807, 2.05) is 33.0 Å². The van der Waals surface area contributed by atoms with Crippen LogP contribution in [0.5, 0.6) is 0 Å². The molecule has 0 amide bonds. The molecule has 0 saturated heterocycles. The highest BCUT2D eigenvalue weighted by Crippen LogP contribution is 2.36. The molecule has 1 unspecified atom stereocenters. The Kier molecular flexibility index (Phi) is 4.32. The second-order valence-electron chi connectivity index (χ2n) is 4.59. The first kappa shape index (κ1) is 14.2. The van der Waals surface area contributed by atoms with E-state index in [0.717, 1.165) is 21.1 Å². The molecule has 1 atom stereocenters. The predicted octanol–water partition coefficient (Wildman–Crippen LogP) is 4.47. The lowest BCUT2D eigenvalue weighted by Crippen LogP contribution is -2.13. The van der Waals surface area contributed by atoms with Crippen LogP contribution in [0.1, 0.15) is 29.9 Å². The summed E-state index contributed by atoms with van der Waals surface area (Å²) in [6.45, 7) is 5.74. The Bertz CT molecular complexity index is 580. The standard InChI is InChI=1S/C15H18FNOS/c1-9-7-15(19-14-5-6-18-11(14)3)12(8-13(9)16)10(2)17-4/h5-8,10,17H,1-4H3. The third-order valence-electron chi connectivity index (χ3n) is 3.22. The zero-order chi connectivity index (χ0) is 14.0. The molecule has 1 N–H and O–H groups in total. The largest absolute Gasteiger partial charge is 0.468 e. The molecule has 0 aliphatic rings. The van der Waals surface area contributed by atoms with Gasteiger partial charge in [0.25, 0.3) is 0 Å². The van der Waals surface area contributed by atoms with Crippen molar-refractivity contribution in [3.05, 3.63) is 47.2 Å². The lowest BCUT2D eigenvalue weighted by atomic mass is 10.1. The van der Waals surface area contributed by atoms with Crippen LogP contribution in [0.25, 0.3) is 0 Å². The molecule has 1 aromatic carbocycles. The Morgan fingerprint density at radius 1 is 1.26 bits per heavy atom. The number of nitrogens with one attached hydrogen (secondary N) is 1. The number of hydrogen-bond acceptors (Lipinski definition) is 3. The van der Waals surface area contributed by atoms with Crippen LogP contribution in [-0.2, 0) is 0 Å². The van der Waals surface area contributed by atoms with E-state index in [-0.39, 0.29) is 11.9 Å². The van der Waals surface area contributed by atoms with Gasteiger partial charge in [0.15, 0.2) is 0 Å². The van der Waals surface area contributed by atoms with Gasteiger partial charge in [-0.15, -0.1) is 0 Å². The van der Waals surface area contributed by atoms with Crippen LogP contribution in [0.2, 0.25) is 0 Å². The molecule has 2 rings (SSSR count). The number of rotatable bonds is 4. The van der Waals surface area contributed by atoms with E-state index < -0.39 is 0 Å². The Morgan fingerprint density at radius 2 is 2.00 bits per heavy atom. The van der Waals surface area contributed by atoms with Gasteiger partial charge in [-0.3, -0.25) is 0 Å². The van der Waals surface area contributed by atoms with Gasteiger partial charge >= 0.3 is 0 Å². The molecule has 4 heteroatoms. The zero-order valence-corrected chi connectivity index (χ0v) is 12.4. The summed E-state index contributed by atoms with van der Waals surface area (Å²) in [7, 11) is 1.87. The molecule has 1 aromatic heterocycles. The van der Waals surface area contributed by atoms with Crippen molar-refractivity contribution in [2.75, 3.05) is 7.05 Å². The molecule has 1 heterocycles. The number of hydrogen-bond donors (Lipinski definition) is 1. The lowest BCUT2D eigenvalue weighted by molar-refractivity contribution is 0.527. The second kappa shape index (κ2) is 5.80. The average Bonchev–Trinajstić information content (AvgIpc) is 2.78. The monoisotopic (exact) mass is 279 g/mol. The Labute approximate surface area is 117 Å². The summed E-state index contributed by atoms with van der Waals surface area (Å²) in [4.78, 5) is 2.13. The maximum Gasteiger partial charge on any atom is 0.126 e. The van der Waals surface area contributed by atoms with Crippen molar-refractivity contribution in [2.24, 2.45) is 0 Å². The van der Waals surface area contributed by atoms with Crippen molar-refractivity contribution >= 4 is 11.8 Å². The summed E-state index contributed by atoms with van der Waals surface area (Å²) in [6, 6.07) is 5.56. The number of furan rings is 1. The van der Waals surface area contributed by atoms with Crippen molar-refractivity contribution in [3.8, 4) is 0 Å². The summed E-state index contributed by atoms with van der Waals surface area (Å²) in [5.41, 5.74) is 1.63. The summed E-state index contributed by atoms with van der Waals surface area (Å²) in [5.74, 6) is 0.723. The van der Waals surface area contributed by atoms with Crippen LogP contribution < -0.4 is 5.32 Å². The average molecular weight is 279 g/mol. The molecule has 0 aliphatic carbocycles. The molecule has 0 fully saturated rings. The van der Waals surface area contributed by atoms with Gasteiger partial charge in [0.05, 0.1) is 11.2 Å². The van der Waals surface area contributed by atoms with Gasteiger partial charge in [-0.2, -0.15) is 0 Å². The van der Waals surface area contributed by atoms with Crippen molar-refractivity contribution in [2.45, 2.75) is 36.6 Å². The predicted molar refractivity (Wildman–Crippen MR) is 76.2 cm³/mol. The normalized spacial score (nSPS) is 12.7. The summed E-state index contributed by atoms with van der Waals surface area (Å²) in [6.07, 6.45) is 1.68. The van der Waals surface area contributed by atoms with Crippen molar-refractivity contribution in [1.82, 2.24) is 5.32 Å². The van der Waals surface area contributed by atoms with E-state index >= 15 is 0 Å². The molecular formula is C15H18FNOS. The van der Waals surface area contributed by atoms with Gasteiger partial charge in [-0.25, -0.2) is 4.39 Å². The van der Waals surface area contributed by atoms with Gasteiger partial charge in [-0.05, 0) is 57.1 Å². The van der Waals surface area contributed by atoms with Crippen LogP contribution in [-0.4, -0.2) is 7.05 Å². The fourth-order valence-corrected chi connectivity index (χ4v) is 2.99. The second-order valence-corrected chi connectivity index (χ2v) is 5.68. The first-order valence-electron chi connectivity index (χ1n) is 6.22. The molecule has 0 spiro atoms. The highest BCUT2D eigenvalue weighted by molar-refractivity contribution is 7.99. The van der Waals surface area contributed by atoms with Crippen molar-refractivity contribution in [1.29, 1.82) is 0 Å². The van der Waals surface area contributed by atoms with Crippen LogP contribution in [0.3, 0.4) is 0 Å². The van der Waals surface area contributed by atoms with Gasteiger partial charge in [0.1, 0.15) is 11.6 Å². The fourth-order valence-electron chi connectivity index (χ4n) is 1.85. The maximum atomic E-state index is 13.8. The molecule has 102 valence electrons. The molecule has 2 aromatic rings. The van der Waals surface area contributed by atoms with Gasteiger partial charge in [0, 0.05) is 10.9 Å². The number of halogens is 1. The van der Waals surface area contributed by atoms with Crippen LogP contribution in [0.15, 0.2) is 38.7 Å². The minimum Gasteiger partial charge on any atom is -0.468 e. The van der Waals surface area contributed by atoms with Gasteiger partial charge in [0.2, 0.25) is 0 Å². The Hall–Kier alpha value is -1.26. The van der Waals surface area contributed by atoms with E-state index in [9.17, 15) is 4.39 Å². The fraction of sp³-hybridized carbons (Fsp3) is 0.333. The Morgan fingerprint density at radius 3 is 2.58 bits per heavy atom. The third kappa shape index (κ3) is 3.01. The molecule has 0 bridgehead atoms. The highest BCUT2D eigenvalue weighted by atomic mass is 32.2. The smallest absolute Gasteiger partial charge is 0.126 e. The first-order chi connectivity index (χ1) is 9.02. The minimum absolute atomic E-state index is 0.102. The number of aryl methyl sites for hydroxylation is 2. The molecule has 2 nitrogen and oxygen atoms in total. The Balaban J connectivity index is 2.43. The van der Waals surface area contributed by atoms with E-state index in [1.54, 1.807) is 31.0 Å². The summed E-state index contributed by atoms with van der Waals surface area (Å²) >= 11 is 1.61. The van der Waals surface area contributed by atoms with Crippen LogP contribution in [0.4, 0.5) is 4.39 Å². The molecule has 0 aliphatic heterocycles. The topological polar surface area (TPSA) is 25.2 Å². The molecular weight excluding hydrogens is 261 g/mol. The van der Waals surface area contributed by atoms with Crippen molar-refractivity contribution in [3.63, 3.8) is 0 Å². The third-order valence-corrected chi connectivity index (χ3v) is 4.44. The summed E-state index contributed by atoms with van der Waals surface area (Å²) in [5, 5.41) is 3.16. The van der Waals surface area contributed by atoms with Gasteiger partial charge in [-0.1, -0.05) is 11.8 Å². The van der Waals surface area contributed by atoms with Crippen LogP contribution >= 0.6 is 11.8 Å². The number of benzene rings is 1. The van der Waals surface area contributed by atoms with E-state index in [1.165, 1.54) is 0 Å². The lowest BCUT2D eigenvalue weighted by Gasteiger charge is -2.16. The van der Waals surface area contributed by atoms with E-state index in [0.29, 0.717) is 5.56 Å². The quantitative estimate of drug-likeness (QED) is 0.894. The zero-order valence-electron chi connectivity index (χ0n) is 11.6. The van der Waals surface area contributed by atoms with E-state index in [2.05, 4.69) is 5.32 Å². The maximum absolute atomic E-state index is 13.8. The first-order valence-corrected chi connectivity index (χ1v) is 7.03. The van der Waals surface area contributed by atoms with Gasteiger partial charge < -0.3 is 9.73 Å². The summed E-state index contributed by atoms with van der Waals surface area (Å²) < 4.78 is 19.1.